The number of nitrogens with one attached hydrogen (secondary N) is 2. The van der Waals surface area contributed by atoms with E-state index in [0.717, 1.165) is 18.5 Å². The van der Waals surface area contributed by atoms with E-state index in [0.29, 0.717) is 18.8 Å². The number of hydrogen-bond donors (Lipinski definition) is 3. The second kappa shape index (κ2) is 5.69. The van der Waals surface area contributed by atoms with Crippen LogP contribution in [0.2, 0.25) is 0 Å². The van der Waals surface area contributed by atoms with Gasteiger partial charge in [0.25, 0.3) is 5.91 Å². The number of allylic oxidation sites excluding steroid dienone is 1. The zero-order chi connectivity index (χ0) is 13.8. The molecule has 2 rings (SSSR count). The van der Waals surface area contributed by atoms with Gasteiger partial charge in [-0.3, -0.25) is 9.89 Å². The van der Waals surface area contributed by atoms with E-state index in [1.54, 1.807) is 12.1 Å². The molecular formula is C13H17N3O3. The van der Waals surface area contributed by atoms with Crippen molar-refractivity contribution in [1.82, 2.24) is 15.5 Å². The molecule has 0 aliphatic heterocycles. The molecule has 0 bridgehead atoms. The van der Waals surface area contributed by atoms with Gasteiger partial charge in [-0.2, -0.15) is 5.10 Å². The highest BCUT2D eigenvalue weighted by molar-refractivity contribution is 5.95. The molecular weight excluding hydrogens is 246 g/mol. The Labute approximate surface area is 110 Å². The van der Waals surface area contributed by atoms with Gasteiger partial charge in [-0.05, 0) is 31.7 Å². The van der Waals surface area contributed by atoms with E-state index in [-0.39, 0.29) is 5.69 Å². The van der Waals surface area contributed by atoms with E-state index in [1.807, 2.05) is 0 Å². The average molecular weight is 263 g/mol. The van der Waals surface area contributed by atoms with Crippen molar-refractivity contribution in [1.29, 1.82) is 0 Å². The number of hydrogen-bond acceptors (Lipinski definition) is 3. The molecule has 1 aromatic rings. The average Bonchev–Trinajstić information content (AvgIpc) is 3.11. The van der Waals surface area contributed by atoms with Crippen molar-refractivity contribution < 1.29 is 14.7 Å². The lowest BCUT2D eigenvalue weighted by Gasteiger charge is -2.12. The fourth-order valence-corrected chi connectivity index (χ4v) is 1.83. The molecule has 1 aliphatic carbocycles. The molecule has 0 spiro atoms. The molecule has 19 heavy (non-hydrogen) atoms. The number of aliphatic carboxylic acids is 1. The van der Waals surface area contributed by atoms with Gasteiger partial charge in [-0.15, -0.1) is 6.58 Å². The van der Waals surface area contributed by atoms with Gasteiger partial charge in [0.1, 0.15) is 11.7 Å². The highest BCUT2D eigenvalue weighted by atomic mass is 16.4. The highest BCUT2D eigenvalue weighted by Crippen LogP contribution is 2.38. The minimum atomic E-state index is -1.05. The van der Waals surface area contributed by atoms with Crippen LogP contribution in [0.25, 0.3) is 0 Å². The van der Waals surface area contributed by atoms with Gasteiger partial charge in [-0.25, -0.2) is 4.79 Å². The smallest absolute Gasteiger partial charge is 0.326 e. The van der Waals surface area contributed by atoms with Crippen LogP contribution in [0.1, 0.15) is 47.8 Å². The molecule has 0 radical (unpaired) electrons. The highest BCUT2D eigenvalue weighted by Gasteiger charge is 2.27. The first-order chi connectivity index (χ1) is 9.11. The van der Waals surface area contributed by atoms with Crippen molar-refractivity contribution in [2.45, 2.75) is 37.6 Å². The molecule has 3 N–H and O–H groups in total. The van der Waals surface area contributed by atoms with Crippen LogP contribution in [-0.4, -0.2) is 33.2 Å². The molecule has 1 saturated carbocycles. The normalized spacial score (nSPS) is 15.8. The summed E-state index contributed by atoms with van der Waals surface area (Å²) in [5, 5.41) is 18.2. The Kier molecular flexibility index (Phi) is 3.99. The zero-order valence-corrected chi connectivity index (χ0v) is 10.6. The molecule has 1 fully saturated rings. The van der Waals surface area contributed by atoms with Crippen molar-refractivity contribution in [3.63, 3.8) is 0 Å². The van der Waals surface area contributed by atoms with Crippen molar-refractivity contribution in [2.75, 3.05) is 0 Å². The van der Waals surface area contributed by atoms with E-state index in [4.69, 9.17) is 5.11 Å². The Morgan fingerprint density at radius 3 is 2.95 bits per heavy atom. The molecule has 1 heterocycles. The van der Waals surface area contributed by atoms with Gasteiger partial charge >= 0.3 is 5.97 Å². The van der Waals surface area contributed by atoms with E-state index in [1.165, 1.54) is 0 Å². The van der Waals surface area contributed by atoms with Gasteiger partial charge in [0.05, 0.1) is 0 Å². The third-order valence-electron chi connectivity index (χ3n) is 3.11. The van der Waals surface area contributed by atoms with Crippen LogP contribution in [0, 0.1) is 0 Å². The fourth-order valence-electron chi connectivity index (χ4n) is 1.83. The summed E-state index contributed by atoms with van der Waals surface area (Å²) in [6, 6.07) is 0.783. The molecule has 0 aromatic carbocycles. The standard InChI is InChI=1S/C13H17N3O3/c1-2-3-4-9(13(18)19)14-12(17)11-7-10(15-16-11)8-5-6-8/h2,7-9H,1,3-6H2,(H,14,17)(H,15,16)(H,18,19). The summed E-state index contributed by atoms with van der Waals surface area (Å²) in [6.07, 6.45) is 4.71. The fraction of sp³-hybridized carbons (Fsp3) is 0.462. The SMILES string of the molecule is C=CCCC(NC(=O)c1cc(C2CC2)[nH]n1)C(=O)O. The van der Waals surface area contributed by atoms with Crippen molar-refractivity contribution in [3.05, 3.63) is 30.1 Å². The first-order valence-corrected chi connectivity index (χ1v) is 6.31. The van der Waals surface area contributed by atoms with Gasteiger partial charge in [0.2, 0.25) is 0 Å². The third kappa shape index (κ3) is 3.43. The number of aromatic amines is 1. The van der Waals surface area contributed by atoms with Crippen LogP contribution < -0.4 is 5.32 Å². The second-order valence-electron chi connectivity index (χ2n) is 4.71. The van der Waals surface area contributed by atoms with Gasteiger partial charge < -0.3 is 10.4 Å². The first-order valence-electron chi connectivity index (χ1n) is 6.31. The second-order valence-corrected chi connectivity index (χ2v) is 4.71. The largest absolute Gasteiger partial charge is 0.480 e. The molecule has 102 valence electrons. The third-order valence-corrected chi connectivity index (χ3v) is 3.11. The maximum atomic E-state index is 11.9. The Hall–Kier alpha value is -2.11. The molecule has 1 aromatic heterocycles. The van der Waals surface area contributed by atoms with Crippen LogP contribution in [0.5, 0.6) is 0 Å². The first kappa shape index (κ1) is 13.3. The van der Waals surface area contributed by atoms with E-state index in [9.17, 15) is 9.59 Å². The maximum Gasteiger partial charge on any atom is 0.326 e. The van der Waals surface area contributed by atoms with Crippen molar-refractivity contribution in [2.24, 2.45) is 0 Å². The number of nitrogens with zero attached hydrogens (tertiary/aromatic N) is 1. The molecule has 6 nitrogen and oxygen atoms in total. The summed E-state index contributed by atoms with van der Waals surface area (Å²) in [5.74, 6) is -1.03. The minimum absolute atomic E-state index is 0.242. The van der Waals surface area contributed by atoms with Crippen molar-refractivity contribution in [3.8, 4) is 0 Å². The summed E-state index contributed by atoms with van der Waals surface area (Å²) in [7, 11) is 0. The molecule has 1 unspecified atom stereocenters. The number of carbonyl (C=O) groups excluding carboxylic acids is 1. The predicted molar refractivity (Wildman–Crippen MR) is 68.9 cm³/mol. The van der Waals surface area contributed by atoms with Crippen molar-refractivity contribution >= 4 is 11.9 Å². The van der Waals surface area contributed by atoms with Crippen LogP contribution in [0.3, 0.4) is 0 Å². The zero-order valence-electron chi connectivity index (χ0n) is 10.6. The monoisotopic (exact) mass is 263 g/mol. The van der Waals surface area contributed by atoms with Crippen LogP contribution in [-0.2, 0) is 4.79 Å². The maximum absolute atomic E-state index is 11.9. The molecule has 6 heteroatoms. The molecule has 0 saturated heterocycles. The van der Waals surface area contributed by atoms with E-state index < -0.39 is 17.9 Å². The molecule has 1 amide bonds. The summed E-state index contributed by atoms with van der Waals surface area (Å²) in [5.41, 5.74) is 1.19. The molecule has 1 aliphatic rings. The van der Waals surface area contributed by atoms with Crippen LogP contribution >= 0.6 is 0 Å². The number of carboxylic acids is 1. The number of rotatable bonds is 7. The quantitative estimate of drug-likeness (QED) is 0.648. The lowest BCUT2D eigenvalue weighted by atomic mass is 10.1. The number of aromatic nitrogens is 2. The van der Waals surface area contributed by atoms with Gasteiger partial charge in [0.15, 0.2) is 0 Å². The predicted octanol–water partition coefficient (Wildman–Crippen LogP) is 1.44. The van der Waals surface area contributed by atoms with E-state index >= 15 is 0 Å². The number of carbonyl (C=O) groups is 2. The van der Waals surface area contributed by atoms with Gasteiger partial charge in [0, 0.05) is 11.6 Å². The van der Waals surface area contributed by atoms with Crippen LogP contribution in [0.15, 0.2) is 18.7 Å². The Morgan fingerprint density at radius 1 is 1.63 bits per heavy atom. The lowest BCUT2D eigenvalue weighted by molar-refractivity contribution is -0.139. The number of carboxylic acid groups (broad SMARTS) is 1. The Balaban J connectivity index is 1.96. The number of amides is 1. The summed E-state index contributed by atoms with van der Waals surface area (Å²) < 4.78 is 0. The topological polar surface area (TPSA) is 95.1 Å². The Morgan fingerprint density at radius 2 is 2.37 bits per heavy atom. The summed E-state index contributed by atoms with van der Waals surface area (Å²) in [4.78, 5) is 22.9. The Bertz CT molecular complexity index is 491. The minimum Gasteiger partial charge on any atom is -0.480 e. The lowest BCUT2D eigenvalue weighted by Crippen LogP contribution is -2.40. The molecule has 1 atom stereocenters. The van der Waals surface area contributed by atoms with Crippen LogP contribution in [0.4, 0.5) is 0 Å². The van der Waals surface area contributed by atoms with Gasteiger partial charge in [-0.1, -0.05) is 6.08 Å². The number of H-pyrrole nitrogens is 1. The van der Waals surface area contributed by atoms with E-state index in [2.05, 4.69) is 22.1 Å². The summed E-state index contributed by atoms with van der Waals surface area (Å²) >= 11 is 0. The summed E-state index contributed by atoms with van der Waals surface area (Å²) in [6.45, 7) is 3.54.